The monoisotopic (exact) mass is 297 g/mol. The third-order valence-corrected chi connectivity index (χ3v) is 3.84. The topological polar surface area (TPSA) is 79.5 Å². The van der Waals surface area contributed by atoms with Crippen molar-refractivity contribution in [1.29, 1.82) is 0 Å². The van der Waals surface area contributed by atoms with Crippen LogP contribution in [-0.2, 0) is 9.53 Å². The molecule has 120 valence electrons. The van der Waals surface area contributed by atoms with E-state index >= 15 is 0 Å². The number of hydrogen-bond acceptors (Lipinski definition) is 4. The number of alkyl carbamates (subject to hydrolysis) is 1. The zero-order valence-corrected chi connectivity index (χ0v) is 13.2. The molecule has 6 nitrogen and oxygen atoms in total. The average Bonchev–Trinajstić information content (AvgIpc) is 2.72. The van der Waals surface area contributed by atoms with Gasteiger partial charge in [0.2, 0.25) is 5.91 Å². The maximum Gasteiger partial charge on any atom is 0.407 e. The number of carbonyl (C=O) groups excluding carboxylic acids is 2. The highest BCUT2D eigenvalue weighted by Crippen LogP contribution is 2.20. The van der Waals surface area contributed by atoms with Gasteiger partial charge >= 0.3 is 6.09 Å². The van der Waals surface area contributed by atoms with Gasteiger partial charge < -0.3 is 20.7 Å². The Morgan fingerprint density at radius 1 is 1.24 bits per heavy atom. The van der Waals surface area contributed by atoms with Gasteiger partial charge in [-0.05, 0) is 46.5 Å². The van der Waals surface area contributed by atoms with E-state index < -0.39 is 5.60 Å². The normalized spacial score (nSPS) is 29.9. The SMILES string of the molecule is CC(C)(C)OC(=O)NC1CCCC(NC2CNC(=O)C2)C1. The summed E-state index contributed by atoms with van der Waals surface area (Å²) in [7, 11) is 0. The van der Waals surface area contributed by atoms with E-state index in [2.05, 4.69) is 16.0 Å². The molecular weight excluding hydrogens is 270 g/mol. The summed E-state index contributed by atoms with van der Waals surface area (Å²) in [6.07, 6.45) is 4.26. The van der Waals surface area contributed by atoms with E-state index in [0.29, 0.717) is 19.0 Å². The van der Waals surface area contributed by atoms with Crippen LogP contribution in [0.15, 0.2) is 0 Å². The predicted molar refractivity (Wildman–Crippen MR) is 80.0 cm³/mol. The molecule has 2 rings (SSSR count). The van der Waals surface area contributed by atoms with Gasteiger partial charge in [-0.2, -0.15) is 0 Å². The fraction of sp³-hybridized carbons (Fsp3) is 0.867. The minimum atomic E-state index is -0.466. The van der Waals surface area contributed by atoms with Crippen LogP contribution in [0.5, 0.6) is 0 Å². The third-order valence-electron chi connectivity index (χ3n) is 3.84. The van der Waals surface area contributed by atoms with E-state index in [4.69, 9.17) is 4.74 Å². The molecule has 1 aliphatic heterocycles. The van der Waals surface area contributed by atoms with Crippen LogP contribution in [-0.4, -0.2) is 42.3 Å². The van der Waals surface area contributed by atoms with E-state index in [0.717, 1.165) is 25.7 Å². The highest BCUT2D eigenvalue weighted by atomic mass is 16.6. The van der Waals surface area contributed by atoms with Crippen LogP contribution < -0.4 is 16.0 Å². The van der Waals surface area contributed by atoms with Crippen LogP contribution in [0.3, 0.4) is 0 Å². The van der Waals surface area contributed by atoms with Gasteiger partial charge in [-0.15, -0.1) is 0 Å². The first-order valence-electron chi connectivity index (χ1n) is 7.84. The maximum absolute atomic E-state index is 11.8. The summed E-state index contributed by atoms with van der Waals surface area (Å²) in [5, 5.41) is 9.32. The van der Waals surface area contributed by atoms with Crippen LogP contribution in [0.4, 0.5) is 4.79 Å². The molecule has 0 aromatic heterocycles. The molecule has 6 heteroatoms. The lowest BCUT2D eigenvalue weighted by molar-refractivity contribution is -0.119. The third kappa shape index (κ3) is 5.53. The second kappa shape index (κ2) is 6.64. The first-order chi connectivity index (χ1) is 9.82. The molecular formula is C15H27N3O3. The Kier molecular flexibility index (Phi) is 5.08. The lowest BCUT2D eigenvalue weighted by atomic mass is 9.90. The van der Waals surface area contributed by atoms with Gasteiger partial charge in [0.25, 0.3) is 0 Å². The van der Waals surface area contributed by atoms with Crippen molar-refractivity contribution in [3.8, 4) is 0 Å². The van der Waals surface area contributed by atoms with Gasteiger partial charge in [-0.1, -0.05) is 0 Å². The zero-order valence-electron chi connectivity index (χ0n) is 13.2. The summed E-state index contributed by atoms with van der Waals surface area (Å²) in [6.45, 7) is 6.30. The molecule has 0 bridgehead atoms. The van der Waals surface area contributed by atoms with Crippen LogP contribution >= 0.6 is 0 Å². The van der Waals surface area contributed by atoms with Gasteiger partial charge in [0.15, 0.2) is 0 Å². The van der Waals surface area contributed by atoms with Crippen LogP contribution in [0.1, 0.15) is 52.9 Å². The number of hydrogen-bond donors (Lipinski definition) is 3. The minimum Gasteiger partial charge on any atom is -0.444 e. The fourth-order valence-corrected chi connectivity index (χ4v) is 3.00. The van der Waals surface area contributed by atoms with E-state index in [9.17, 15) is 9.59 Å². The number of carbonyl (C=O) groups is 2. The summed E-state index contributed by atoms with van der Waals surface area (Å²) in [5.74, 6) is 0.117. The molecule has 1 saturated heterocycles. The fourth-order valence-electron chi connectivity index (χ4n) is 3.00. The number of amides is 2. The number of nitrogens with one attached hydrogen (secondary N) is 3. The van der Waals surface area contributed by atoms with E-state index in [-0.39, 0.29) is 24.1 Å². The van der Waals surface area contributed by atoms with Crippen molar-refractivity contribution in [1.82, 2.24) is 16.0 Å². The molecule has 21 heavy (non-hydrogen) atoms. The summed E-state index contributed by atoms with van der Waals surface area (Å²) in [5.41, 5.74) is -0.466. The van der Waals surface area contributed by atoms with Gasteiger partial charge in [-0.25, -0.2) is 4.79 Å². The Morgan fingerprint density at radius 2 is 1.95 bits per heavy atom. The number of ether oxygens (including phenoxy) is 1. The molecule has 2 fully saturated rings. The molecule has 1 saturated carbocycles. The Labute approximate surface area is 126 Å². The molecule has 3 unspecified atom stereocenters. The summed E-state index contributed by atoms with van der Waals surface area (Å²) < 4.78 is 5.30. The van der Waals surface area contributed by atoms with Crippen molar-refractivity contribution in [3.05, 3.63) is 0 Å². The molecule has 1 heterocycles. The quantitative estimate of drug-likeness (QED) is 0.733. The second-order valence-electron chi connectivity index (χ2n) is 7.08. The maximum atomic E-state index is 11.8. The van der Waals surface area contributed by atoms with Crippen LogP contribution in [0.25, 0.3) is 0 Å². The Balaban J connectivity index is 1.75. The molecule has 0 radical (unpaired) electrons. The smallest absolute Gasteiger partial charge is 0.407 e. The van der Waals surface area contributed by atoms with E-state index in [1.54, 1.807) is 0 Å². The van der Waals surface area contributed by atoms with Gasteiger partial charge in [0.05, 0.1) is 0 Å². The minimum absolute atomic E-state index is 0.117. The van der Waals surface area contributed by atoms with E-state index in [1.807, 2.05) is 20.8 Å². The molecule has 2 amide bonds. The highest BCUT2D eigenvalue weighted by Gasteiger charge is 2.29. The Bertz CT molecular complexity index is 392. The Morgan fingerprint density at radius 3 is 2.57 bits per heavy atom. The number of rotatable bonds is 3. The summed E-state index contributed by atoms with van der Waals surface area (Å²) in [4.78, 5) is 23.0. The highest BCUT2D eigenvalue weighted by molar-refractivity contribution is 5.78. The van der Waals surface area contributed by atoms with Gasteiger partial charge in [-0.3, -0.25) is 4.79 Å². The largest absolute Gasteiger partial charge is 0.444 e. The lowest BCUT2D eigenvalue weighted by Gasteiger charge is -2.32. The standard InChI is InChI=1S/C15H27N3O3/c1-15(2,3)21-14(20)18-11-6-4-5-10(7-11)17-12-8-13(19)16-9-12/h10-12,17H,4-9H2,1-3H3,(H,16,19)(H,18,20). The lowest BCUT2D eigenvalue weighted by Crippen LogP contribution is -2.48. The molecule has 0 spiro atoms. The average molecular weight is 297 g/mol. The van der Waals surface area contributed by atoms with Crippen molar-refractivity contribution in [2.24, 2.45) is 0 Å². The van der Waals surface area contributed by atoms with Crippen molar-refractivity contribution in [2.75, 3.05) is 6.54 Å². The van der Waals surface area contributed by atoms with Crippen LogP contribution in [0.2, 0.25) is 0 Å². The molecule has 0 aromatic carbocycles. The van der Waals surface area contributed by atoms with Gasteiger partial charge in [0.1, 0.15) is 5.60 Å². The molecule has 1 aliphatic carbocycles. The first-order valence-corrected chi connectivity index (χ1v) is 7.84. The zero-order chi connectivity index (χ0) is 15.5. The van der Waals surface area contributed by atoms with Crippen molar-refractivity contribution >= 4 is 12.0 Å². The molecule has 2 aliphatic rings. The first kappa shape index (κ1) is 16.1. The van der Waals surface area contributed by atoms with Crippen molar-refractivity contribution in [3.63, 3.8) is 0 Å². The van der Waals surface area contributed by atoms with Crippen molar-refractivity contribution < 1.29 is 14.3 Å². The van der Waals surface area contributed by atoms with E-state index in [1.165, 1.54) is 0 Å². The predicted octanol–water partition coefficient (Wildman–Crippen LogP) is 1.30. The summed E-state index contributed by atoms with van der Waals surface area (Å²) in [6, 6.07) is 0.732. The Hall–Kier alpha value is -1.30. The molecule has 3 atom stereocenters. The van der Waals surface area contributed by atoms with Gasteiger partial charge in [0, 0.05) is 31.1 Å². The van der Waals surface area contributed by atoms with Crippen molar-refractivity contribution in [2.45, 2.75) is 76.6 Å². The summed E-state index contributed by atoms with van der Waals surface area (Å²) >= 11 is 0. The molecule has 3 N–H and O–H groups in total. The van der Waals surface area contributed by atoms with Crippen LogP contribution in [0, 0.1) is 0 Å². The molecule has 0 aromatic rings. The second-order valence-corrected chi connectivity index (χ2v) is 7.08.